The lowest BCUT2D eigenvalue weighted by Gasteiger charge is -2.10. The van der Waals surface area contributed by atoms with Crippen molar-refractivity contribution in [3.63, 3.8) is 0 Å². The van der Waals surface area contributed by atoms with Crippen LogP contribution in [0, 0.1) is 0 Å². The molecule has 1 heterocycles. The highest BCUT2D eigenvalue weighted by Crippen LogP contribution is 2.27. The van der Waals surface area contributed by atoms with Crippen LogP contribution in [0.5, 0.6) is 5.75 Å². The molecule has 0 unspecified atom stereocenters. The SMILES string of the molecule is COc1ccc(NC(=O)CSc2nncn2C(C)C)cc1Cl. The Kier molecular flexibility index (Phi) is 5.68. The summed E-state index contributed by atoms with van der Waals surface area (Å²) in [5, 5.41) is 11.8. The maximum Gasteiger partial charge on any atom is 0.234 e. The molecule has 0 spiro atoms. The van der Waals surface area contributed by atoms with Gasteiger partial charge in [0.25, 0.3) is 0 Å². The van der Waals surface area contributed by atoms with E-state index in [-0.39, 0.29) is 17.7 Å². The van der Waals surface area contributed by atoms with Gasteiger partial charge in [0.2, 0.25) is 5.91 Å². The van der Waals surface area contributed by atoms with Crippen molar-refractivity contribution >= 4 is 35.0 Å². The Labute approximate surface area is 138 Å². The summed E-state index contributed by atoms with van der Waals surface area (Å²) >= 11 is 7.36. The lowest BCUT2D eigenvalue weighted by Crippen LogP contribution is -2.14. The van der Waals surface area contributed by atoms with Crippen molar-refractivity contribution in [2.75, 3.05) is 18.2 Å². The van der Waals surface area contributed by atoms with E-state index in [4.69, 9.17) is 16.3 Å². The van der Waals surface area contributed by atoms with E-state index >= 15 is 0 Å². The van der Waals surface area contributed by atoms with E-state index in [9.17, 15) is 4.79 Å². The van der Waals surface area contributed by atoms with Crippen LogP contribution in [0.15, 0.2) is 29.7 Å². The molecule has 0 aliphatic rings. The summed E-state index contributed by atoms with van der Waals surface area (Å²) in [6.45, 7) is 4.07. The van der Waals surface area contributed by atoms with Gasteiger partial charge in [0.1, 0.15) is 12.1 Å². The second-order valence-electron chi connectivity index (χ2n) is 4.80. The van der Waals surface area contributed by atoms with Gasteiger partial charge in [-0.25, -0.2) is 0 Å². The minimum Gasteiger partial charge on any atom is -0.495 e. The summed E-state index contributed by atoms with van der Waals surface area (Å²) in [7, 11) is 1.54. The van der Waals surface area contributed by atoms with Gasteiger partial charge in [-0.05, 0) is 32.0 Å². The molecule has 0 radical (unpaired) electrons. The third-order valence-corrected chi connectivity index (χ3v) is 4.12. The first-order chi connectivity index (χ1) is 10.5. The van der Waals surface area contributed by atoms with Crippen LogP contribution in [0.2, 0.25) is 5.02 Å². The number of amides is 1. The number of thioether (sulfide) groups is 1. The molecule has 0 bridgehead atoms. The summed E-state index contributed by atoms with van der Waals surface area (Å²) in [4.78, 5) is 12.0. The van der Waals surface area contributed by atoms with Crippen molar-refractivity contribution in [3.8, 4) is 5.75 Å². The number of carbonyl (C=O) groups is 1. The van der Waals surface area contributed by atoms with E-state index < -0.39 is 0 Å². The van der Waals surface area contributed by atoms with Crippen LogP contribution in [0.3, 0.4) is 0 Å². The fourth-order valence-corrected chi connectivity index (χ4v) is 2.86. The average molecular weight is 341 g/mol. The second kappa shape index (κ2) is 7.51. The number of halogens is 1. The monoisotopic (exact) mass is 340 g/mol. The van der Waals surface area contributed by atoms with Crippen molar-refractivity contribution in [2.24, 2.45) is 0 Å². The Balaban J connectivity index is 1.93. The Bertz CT molecular complexity index is 660. The third kappa shape index (κ3) is 4.14. The molecule has 0 aliphatic heterocycles. The largest absolute Gasteiger partial charge is 0.495 e. The van der Waals surface area contributed by atoms with E-state index in [2.05, 4.69) is 15.5 Å². The number of carbonyl (C=O) groups excluding carboxylic acids is 1. The van der Waals surface area contributed by atoms with Crippen LogP contribution in [0.1, 0.15) is 19.9 Å². The molecule has 2 aromatic rings. The molecule has 1 aromatic heterocycles. The fraction of sp³-hybridized carbons (Fsp3) is 0.357. The predicted octanol–water partition coefficient (Wildman–Crippen LogP) is 3.25. The zero-order valence-corrected chi connectivity index (χ0v) is 14.1. The Hall–Kier alpha value is -1.73. The number of benzene rings is 1. The normalized spacial score (nSPS) is 10.8. The van der Waals surface area contributed by atoms with Crippen molar-refractivity contribution in [1.29, 1.82) is 0 Å². The number of aromatic nitrogens is 3. The topological polar surface area (TPSA) is 69.0 Å². The van der Waals surface area contributed by atoms with Gasteiger partial charge < -0.3 is 14.6 Å². The smallest absolute Gasteiger partial charge is 0.234 e. The number of hydrogen-bond acceptors (Lipinski definition) is 5. The van der Waals surface area contributed by atoms with E-state index in [1.54, 1.807) is 31.6 Å². The van der Waals surface area contributed by atoms with Crippen LogP contribution < -0.4 is 10.1 Å². The Morgan fingerprint density at radius 3 is 2.91 bits per heavy atom. The van der Waals surface area contributed by atoms with Gasteiger partial charge in [-0.2, -0.15) is 0 Å². The average Bonchev–Trinajstić information content (AvgIpc) is 2.94. The first-order valence-corrected chi connectivity index (χ1v) is 8.03. The van der Waals surface area contributed by atoms with Gasteiger partial charge in [-0.15, -0.1) is 10.2 Å². The molecule has 8 heteroatoms. The number of nitrogens with one attached hydrogen (secondary N) is 1. The first-order valence-electron chi connectivity index (χ1n) is 6.67. The molecule has 0 aliphatic carbocycles. The van der Waals surface area contributed by atoms with Gasteiger partial charge in [0.15, 0.2) is 5.16 Å². The van der Waals surface area contributed by atoms with E-state index in [0.717, 1.165) is 5.16 Å². The van der Waals surface area contributed by atoms with Crippen LogP contribution >= 0.6 is 23.4 Å². The van der Waals surface area contributed by atoms with Gasteiger partial charge in [-0.1, -0.05) is 23.4 Å². The summed E-state index contributed by atoms with van der Waals surface area (Å²) in [5.41, 5.74) is 0.627. The maximum absolute atomic E-state index is 12.0. The highest BCUT2D eigenvalue weighted by molar-refractivity contribution is 7.99. The van der Waals surface area contributed by atoms with E-state index in [1.165, 1.54) is 11.8 Å². The fourth-order valence-electron chi connectivity index (χ4n) is 1.76. The van der Waals surface area contributed by atoms with Crippen molar-refractivity contribution in [3.05, 3.63) is 29.5 Å². The summed E-state index contributed by atoms with van der Waals surface area (Å²) in [6.07, 6.45) is 1.66. The molecular formula is C14H17ClN4O2S. The number of hydrogen-bond donors (Lipinski definition) is 1. The molecule has 1 aromatic carbocycles. The van der Waals surface area contributed by atoms with Crippen molar-refractivity contribution in [1.82, 2.24) is 14.8 Å². The Morgan fingerprint density at radius 2 is 2.27 bits per heavy atom. The summed E-state index contributed by atoms with van der Waals surface area (Å²) in [6, 6.07) is 5.35. The zero-order valence-electron chi connectivity index (χ0n) is 12.5. The number of nitrogens with zero attached hydrogens (tertiary/aromatic N) is 3. The molecule has 118 valence electrons. The minimum absolute atomic E-state index is 0.135. The van der Waals surface area contributed by atoms with E-state index in [1.807, 2.05) is 18.4 Å². The lowest BCUT2D eigenvalue weighted by atomic mass is 10.3. The molecule has 2 rings (SSSR count). The summed E-state index contributed by atoms with van der Waals surface area (Å²) in [5.74, 6) is 0.679. The van der Waals surface area contributed by atoms with Gasteiger partial charge >= 0.3 is 0 Å². The molecule has 6 nitrogen and oxygen atoms in total. The third-order valence-electron chi connectivity index (χ3n) is 2.86. The van der Waals surface area contributed by atoms with Crippen molar-refractivity contribution in [2.45, 2.75) is 25.0 Å². The van der Waals surface area contributed by atoms with Gasteiger partial charge in [-0.3, -0.25) is 4.79 Å². The van der Waals surface area contributed by atoms with Crippen LogP contribution in [0.25, 0.3) is 0 Å². The van der Waals surface area contributed by atoms with Crippen LogP contribution in [0.4, 0.5) is 5.69 Å². The van der Waals surface area contributed by atoms with Crippen molar-refractivity contribution < 1.29 is 9.53 Å². The molecule has 0 saturated heterocycles. The first kappa shape index (κ1) is 16.6. The molecule has 1 N–H and O–H groups in total. The van der Waals surface area contributed by atoms with Crippen LogP contribution in [-0.2, 0) is 4.79 Å². The van der Waals surface area contributed by atoms with Gasteiger partial charge in [0, 0.05) is 11.7 Å². The molecule has 0 fully saturated rings. The lowest BCUT2D eigenvalue weighted by molar-refractivity contribution is -0.113. The van der Waals surface area contributed by atoms with Gasteiger partial charge in [0.05, 0.1) is 17.9 Å². The van der Waals surface area contributed by atoms with Crippen LogP contribution in [-0.4, -0.2) is 33.5 Å². The maximum atomic E-state index is 12.0. The molecule has 22 heavy (non-hydrogen) atoms. The highest BCUT2D eigenvalue weighted by atomic mass is 35.5. The summed E-state index contributed by atoms with van der Waals surface area (Å²) < 4.78 is 6.99. The minimum atomic E-state index is -0.135. The highest BCUT2D eigenvalue weighted by Gasteiger charge is 2.11. The molecule has 1 amide bonds. The predicted molar refractivity (Wildman–Crippen MR) is 87.8 cm³/mol. The number of rotatable bonds is 6. The second-order valence-corrected chi connectivity index (χ2v) is 6.15. The standard InChI is InChI=1S/C14H17ClN4O2S/c1-9(2)19-8-16-18-14(19)22-7-13(20)17-10-4-5-12(21-3)11(15)6-10/h4-6,8-9H,7H2,1-3H3,(H,17,20). The quantitative estimate of drug-likeness (QED) is 0.817. The Morgan fingerprint density at radius 1 is 1.50 bits per heavy atom. The molecular weight excluding hydrogens is 324 g/mol. The van der Waals surface area contributed by atoms with E-state index in [0.29, 0.717) is 16.5 Å². The number of anilines is 1. The molecule has 0 saturated carbocycles. The number of ether oxygens (including phenoxy) is 1. The number of methoxy groups -OCH3 is 1. The molecule has 0 atom stereocenters. The zero-order chi connectivity index (χ0) is 16.1.